The lowest BCUT2D eigenvalue weighted by atomic mass is 9.94. The first kappa shape index (κ1) is 30.1. The number of carbonyl (C=O) groups excluding carboxylic acids is 4. The summed E-state index contributed by atoms with van der Waals surface area (Å²) in [5.41, 5.74) is 2.12. The average molecular weight is 580 g/mol. The first-order valence-electron chi connectivity index (χ1n) is 14.9. The maximum Gasteiger partial charge on any atom is 0.263 e. The number of ether oxygens (including phenoxy) is 1. The van der Waals surface area contributed by atoms with Gasteiger partial charge in [-0.05, 0) is 48.5 Å². The van der Waals surface area contributed by atoms with Crippen molar-refractivity contribution in [2.24, 2.45) is 0 Å². The molecule has 0 unspecified atom stereocenters. The molecule has 0 spiro atoms. The summed E-state index contributed by atoms with van der Waals surface area (Å²) in [6, 6.07) is 21.9. The summed E-state index contributed by atoms with van der Waals surface area (Å²) in [5, 5.41) is 3.17. The number of carbonyl (C=O) groups is 4. The van der Waals surface area contributed by atoms with Crippen molar-refractivity contribution >= 4 is 45.2 Å². The van der Waals surface area contributed by atoms with Gasteiger partial charge in [-0.3, -0.25) is 29.0 Å². The number of amides is 4. The van der Waals surface area contributed by atoms with Crippen LogP contribution < -0.4 is 0 Å². The summed E-state index contributed by atoms with van der Waals surface area (Å²) < 4.78 is 5.71. The second-order valence-corrected chi connectivity index (χ2v) is 10.9. The fraction of sp³-hybridized carbons (Fsp3) is 0.314. The van der Waals surface area contributed by atoms with Crippen LogP contribution in [0.2, 0.25) is 0 Å². The van der Waals surface area contributed by atoms with Gasteiger partial charge in [0.05, 0.1) is 6.61 Å². The van der Waals surface area contributed by atoms with Crippen LogP contribution in [0.5, 0.6) is 0 Å². The molecule has 0 N–H and O–H groups in total. The zero-order valence-electron chi connectivity index (χ0n) is 25.0. The van der Waals surface area contributed by atoms with E-state index in [2.05, 4.69) is 13.8 Å². The van der Waals surface area contributed by atoms with Gasteiger partial charge in [0.2, 0.25) is 0 Å². The molecule has 0 saturated carbocycles. The Hall–Kier alpha value is -4.40. The van der Waals surface area contributed by atoms with Crippen molar-refractivity contribution in [3.63, 3.8) is 0 Å². The first-order chi connectivity index (χ1) is 20.9. The van der Waals surface area contributed by atoms with Crippen LogP contribution in [0.25, 0.3) is 21.5 Å². The smallest absolute Gasteiger partial charge is 0.263 e. The fourth-order valence-electron chi connectivity index (χ4n) is 5.46. The van der Waals surface area contributed by atoms with E-state index in [0.717, 1.165) is 21.1 Å². The largest absolute Gasteiger partial charge is 0.360 e. The van der Waals surface area contributed by atoms with Crippen LogP contribution in [0.4, 0.5) is 0 Å². The lowest BCUT2D eigenvalue weighted by Gasteiger charge is -2.29. The first-order valence-corrected chi connectivity index (χ1v) is 14.9. The van der Waals surface area contributed by atoms with Gasteiger partial charge in [0.15, 0.2) is 0 Å². The van der Waals surface area contributed by atoms with E-state index in [4.69, 9.17) is 4.74 Å². The van der Waals surface area contributed by atoms with Crippen LogP contribution in [0.1, 0.15) is 74.5 Å². The molecule has 222 valence electrons. The lowest BCUT2D eigenvalue weighted by molar-refractivity contribution is 0.0199. The van der Waals surface area contributed by atoms with Crippen molar-refractivity contribution in [3.8, 4) is 0 Å². The molecule has 4 amide bonds. The van der Waals surface area contributed by atoms with Crippen molar-refractivity contribution in [1.82, 2.24) is 14.7 Å². The van der Waals surface area contributed by atoms with Crippen molar-refractivity contribution in [2.75, 3.05) is 40.0 Å². The quantitative estimate of drug-likeness (QED) is 0.170. The SMILES string of the molecule is CCCC.CN(CCCOCN1C(=O)c2cccc3cccc(c23)C1=O)CCN1C(=O)c2cccc3cccc(c23)C1=O. The highest BCUT2D eigenvalue weighted by molar-refractivity contribution is 6.26. The minimum absolute atomic E-state index is 0.117. The minimum Gasteiger partial charge on any atom is -0.360 e. The van der Waals surface area contributed by atoms with E-state index >= 15 is 0 Å². The number of rotatable bonds is 10. The van der Waals surface area contributed by atoms with Crippen molar-refractivity contribution < 1.29 is 23.9 Å². The summed E-state index contributed by atoms with van der Waals surface area (Å²) in [5.74, 6) is -1.24. The molecule has 2 aliphatic rings. The van der Waals surface area contributed by atoms with Gasteiger partial charge in [-0.25, -0.2) is 0 Å². The fourth-order valence-corrected chi connectivity index (χ4v) is 5.46. The molecular weight excluding hydrogens is 542 g/mol. The summed E-state index contributed by atoms with van der Waals surface area (Å²) in [4.78, 5) is 56.6. The molecule has 8 nitrogen and oxygen atoms in total. The topological polar surface area (TPSA) is 87.2 Å². The molecule has 2 aliphatic heterocycles. The molecule has 0 atom stereocenters. The lowest BCUT2D eigenvalue weighted by Crippen LogP contribution is -2.44. The van der Waals surface area contributed by atoms with Gasteiger partial charge in [-0.2, -0.15) is 0 Å². The maximum atomic E-state index is 13.1. The van der Waals surface area contributed by atoms with E-state index in [0.29, 0.717) is 53.8 Å². The third-order valence-corrected chi connectivity index (χ3v) is 7.97. The zero-order valence-corrected chi connectivity index (χ0v) is 25.0. The second kappa shape index (κ2) is 13.3. The average Bonchev–Trinajstić information content (AvgIpc) is 3.03. The van der Waals surface area contributed by atoms with Crippen LogP contribution in [0, 0.1) is 0 Å². The molecule has 0 radical (unpaired) electrons. The molecule has 4 aromatic carbocycles. The Balaban J connectivity index is 0.000000868. The van der Waals surface area contributed by atoms with Gasteiger partial charge >= 0.3 is 0 Å². The standard InChI is InChI=1S/C31H27N3O5.C4H10/c1-32(16-17-33-28(35)22-11-2-7-20-8-3-12-23(26(20)22)29(33)36)15-6-18-39-19-34-30(37)24-13-4-9-21-10-5-14-25(27(21)24)31(34)38;1-3-4-2/h2-5,7-14H,6,15-19H2,1H3;3-4H2,1-2H3. The Labute approximate surface area is 251 Å². The molecule has 43 heavy (non-hydrogen) atoms. The summed E-state index contributed by atoms with van der Waals surface area (Å²) in [6.45, 7) is 6.05. The number of likely N-dealkylation sites (N-methyl/N-ethyl adjacent to an activating group) is 1. The Bertz CT molecular complexity index is 1590. The highest BCUT2D eigenvalue weighted by Crippen LogP contribution is 2.31. The van der Waals surface area contributed by atoms with Crippen LogP contribution in [0.3, 0.4) is 0 Å². The van der Waals surface area contributed by atoms with Gasteiger partial charge < -0.3 is 9.64 Å². The van der Waals surface area contributed by atoms with Crippen LogP contribution in [-0.2, 0) is 4.74 Å². The summed E-state index contributed by atoms with van der Waals surface area (Å²) in [6.07, 6.45) is 3.29. The second-order valence-electron chi connectivity index (χ2n) is 10.9. The number of imide groups is 2. The van der Waals surface area contributed by atoms with Gasteiger partial charge in [0.25, 0.3) is 23.6 Å². The van der Waals surface area contributed by atoms with E-state index in [1.54, 1.807) is 24.3 Å². The van der Waals surface area contributed by atoms with E-state index in [9.17, 15) is 19.2 Å². The molecule has 0 aliphatic carbocycles. The third kappa shape index (κ3) is 5.94. The Morgan fingerprint density at radius 1 is 0.605 bits per heavy atom. The molecule has 0 saturated heterocycles. The Kier molecular flexibility index (Phi) is 9.28. The van der Waals surface area contributed by atoms with Crippen molar-refractivity contribution in [3.05, 3.63) is 95.1 Å². The molecule has 0 fully saturated rings. The van der Waals surface area contributed by atoms with E-state index < -0.39 is 0 Å². The summed E-state index contributed by atoms with van der Waals surface area (Å²) >= 11 is 0. The molecule has 8 heteroatoms. The van der Waals surface area contributed by atoms with Crippen LogP contribution >= 0.6 is 0 Å². The van der Waals surface area contributed by atoms with Crippen LogP contribution in [0.15, 0.2) is 72.8 Å². The maximum absolute atomic E-state index is 13.1. The van der Waals surface area contributed by atoms with Crippen molar-refractivity contribution in [2.45, 2.75) is 33.1 Å². The molecular formula is C35H37N3O5. The van der Waals surface area contributed by atoms with Gasteiger partial charge in [0, 0.05) is 52.7 Å². The third-order valence-electron chi connectivity index (χ3n) is 7.97. The van der Waals surface area contributed by atoms with Crippen molar-refractivity contribution in [1.29, 1.82) is 0 Å². The summed E-state index contributed by atoms with van der Waals surface area (Å²) in [7, 11) is 1.92. The predicted octanol–water partition coefficient (Wildman–Crippen LogP) is 5.99. The highest BCUT2D eigenvalue weighted by atomic mass is 16.5. The number of nitrogens with zero attached hydrogens (tertiary/aromatic N) is 3. The molecule has 0 bridgehead atoms. The van der Waals surface area contributed by atoms with E-state index in [1.165, 1.54) is 17.7 Å². The molecule has 0 aromatic heterocycles. The minimum atomic E-state index is -0.352. The normalized spacial score (nSPS) is 14.1. The van der Waals surface area contributed by atoms with Gasteiger partial charge in [-0.15, -0.1) is 0 Å². The zero-order chi connectivity index (χ0) is 30.5. The number of benzene rings is 4. The molecule has 2 heterocycles. The molecule has 6 rings (SSSR count). The van der Waals surface area contributed by atoms with Crippen LogP contribution in [-0.4, -0.2) is 78.3 Å². The van der Waals surface area contributed by atoms with Gasteiger partial charge in [0.1, 0.15) is 6.73 Å². The number of hydrogen-bond acceptors (Lipinski definition) is 6. The number of unbranched alkanes of at least 4 members (excludes halogenated alkanes) is 1. The Morgan fingerprint density at radius 2 is 1.02 bits per heavy atom. The highest BCUT2D eigenvalue weighted by Gasteiger charge is 2.33. The van der Waals surface area contributed by atoms with E-state index in [1.807, 2.05) is 60.5 Å². The van der Waals surface area contributed by atoms with E-state index in [-0.39, 0.29) is 36.9 Å². The Morgan fingerprint density at radius 3 is 1.44 bits per heavy atom. The predicted molar refractivity (Wildman–Crippen MR) is 167 cm³/mol. The van der Waals surface area contributed by atoms with Gasteiger partial charge in [-0.1, -0.05) is 75.2 Å². The number of hydrogen-bond donors (Lipinski definition) is 0. The monoisotopic (exact) mass is 579 g/mol. The molecule has 4 aromatic rings.